The van der Waals surface area contributed by atoms with Gasteiger partial charge in [0.15, 0.2) is 17.5 Å². The molecule has 2 aliphatic heterocycles. The van der Waals surface area contributed by atoms with E-state index in [-0.39, 0.29) is 29.2 Å². The Balaban J connectivity index is 1.42. The van der Waals surface area contributed by atoms with E-state index in [0.717, 1.165) is 4.80 Å². The van der Waals surface area contributed by atoms with Crippen LogP contribution in [0.1, 0.15) is 40.7 Å². The first-order valence-electron chi connectivity index (χ1n) is 10.6. The number of hydrogen-bond acceptors (Lipinski definition) is 5. The fourth-order valence-corrected chi connectivity index (χ4v) is 4.84. The average Bonchev–Trinajstić information content (AvgIpc) is 3.52. The molecule has 1 N–H and O–H groups in total. The highest BCUT2D eigenvalue weighted by Gasteiger charge is 2.49. The zero-order valence-corrected chi connectivity index (χ0v) is 17.9. The summed E-state index contributed by atoms with van der Waals surface area (Å²) in [6.07, 6.45) is 0.401. The van der Waals surface area contributed by atoms with Crippen LogP contribution in [0.2, 0.25) is 0 Å². The van der Waals surface area contributed by atoms with E-state index in [4.69, 9.17) is 0 Å². The molecule has 2 bridgehead atoms. The molecule has 2 saturated heterocycles. The Labute approximate surface area is 190 Å². The molecular formula is C22H19F5N6O. The largest absolute Gasteiger partial charge is 0.417 e. The van der Waals surface area contributed by atoms with Crippen molar-refractivity contribution in [2.75, 3.05) is 5.32 Å². The molecule has 178 valence electrons. The number of rotatable bonds is 4. The SMILES string of the molecule is Cc1ccc(C(=O)N2C3CCC2C(Nc2ncc(C(F)(F)F)cc2F)C3)c(-n2nccn2)c1F. The minimum absolute atomic E-state index is 0.0544. The molecule has 0 saturated carbocycles. The molecule has 2 fully saturated rings. The number of hydrogen-bond donors (Lipinski definition) is 1. The Hall–Kier alpha value is -3.57. The highest BCUT2D eigenvalue weighted by Crippen LogP contribution is 2.41. The first-order chi connectivity index (χ1) is 16.1. The Morgan fingerprint density at radius 3 is 2.56 bits per heavy atom. The lowest BCUT2D eigenvalue weighted by Crippen LogP contribution is -2.40. The fraction of sp³-hybridized carbons (Fsp3) is 0.364. The van der Waals surface area contributed by atoms with Crippen LogP contribution in [-0.4, -0.2) is 48.9 Å². The minimum Gasteiger partial charge on any atom is -0.363 e. The predicted octanol–water partition coefficient (Wildman–Crippen LogP) is 4.13. The van der Waals surface area contributed by atoms with Crippen LogP contribution in [0.15, 0.2) is 36.8 Å². The summed E-state index contributed by atoms with van der Waals surface area (Å²) >= 11 is 0. The molecule has 1 amide bonds. The number of fused-ring (bicyclic) bond motifs is 2. The van der Waals surface area contributed by atoms with Crippen molar-refractivity contribution in [3.8, 4) is 5.69 Å². The Kier molecular flexibility index (Phi) is 5.25. The van der Waals surface area contributed by atoms with Crippen LogP contribution in [0, 0.1) is 18.6 Å². The van der Waals surface area contributed by atoms with Gasteiger partial charge in [-0.25, -0.2) is 13.8 Å². The lowest BCUT2D eigenvalue weighted by molar-refractivity contribution is -0.138. The number of anilines is 1. The number of carbonyl (C=O) groups is 1. The van der Waals surface area contributed by atoms with E-state index in [1.807, 2.05) is 0 Å². The number of pyridine rings is 1. The maximum atomic E-state index is 15.0. The number of nitrogens with one attached hydrogen (secondary N) is 1. The summed E-state index contributed by atoms with van der Waals surface area (Å²) in [6, 6.07) is 2.47. The molecule has 2 aromatic heterocycles. The van der Waals surface area contributed by atoms with Crippen LogP contribution < -0.4 is 5.32 Å². The van der Waals surface area contributed by atoms with Crippen molar-refractivity contribution in [2.45, 2.75) is 50.5 Å². The molecule has 1 aromatic carbocycles. The number of alkyl halides is 3. The standard InChI is InChI=1S/C22H19F5N6O/c1-11-2-4-14(19(18(11)24)33-29-6-7-30-33)21(34)32-13-3-5-17(32)16(9-13)31-20-15(23)8-12(10-28-20)22(25,26)27/h2,4,6-8,10,13,16-17H,3,5,9H2,1H3,(H,28,31). The summed E-state index contributed by atoms with van der Waals surface area (Å²) in [5, 5.41) is 10.8. The summed E-state index contributed by atoms with van der Waals surface area (Å²) in [6.45, 7) is 1.57. The predicted molar refractivity (Wildman–Crippen MR) is 110 cm³/mol. The van der Waals surface area contributed by atoms with Gasteiger partial charge in [-0.15, -0.1) is 4.80 Å². The van der Waals surface area contributed by atoms with Gasteiger partial charge in [-0.05, 0) is 43.9 Å². The van der Waals surface area contributed by atoms with Gasteiger partial charge in [0.05, 0.1) is 35.6 Å². The van der Waals surface area contributed by atoms with Crippen molar-refractivity contribution in [1.29, 1.82) is 0 Å². The molecule has 2 aliphatic rings. The molecule has 5 rings (SSSR count). The number of carbonyl (C=O) groups excluding carboxylic acids is 1. The second kappa shape index (κ2) is 8.03. The van der Waals surface area contributed by atoms with Crippen molar-refractivity contribution >= 4 is 11.7 Å². The van der Waals surface area contributed by atoms with Crippen LogP contribution in [-0.2, 0) is 6.18 Å². The molecule has 3 aromatic rings. The van der Waals surface area contributed by atoms with E-state index in [2.05, 4.69) is 20.5 Å². The van der Waals surface area contributed by atoms with Gasteiger partial charge >= 0.3 is 6.18 Å². The van der Waals surface area contributed by atoms with E-state index in [1.165, 1.54) is 24.5 Å². The van der Waals surface area contributed by atoms with Gasteiger partial charge < -0.3 is 10.2 Å². The Morgan fingerprint density at radius 1 is 1.15 bits per heavy atom. The van der Waals surface area contributed by atoms with E-state index in [0.29, 0.717) is 37.1 Å². The molecule has 34 heavy (non-hydrogen) atoms. The summed E-state index contributed by atoms with van der Waals surface area (Å²) in [4.78, 5) is 19.9. The van der Waals surface area contributed by atoms with Gasteiger partial charge in [0.1, 0.15) is 5.69 Å². The van der Waals surface area contributed by atoms with E-state index >= 15 is 0 Å². The first kappa shape index (κ1) is 22.2. The van der Waals surface area contributed by atoms with Gasteiger partial charge in [-0.3, -0.25) is 4.79 Å². The van der Waals surface area contributed by atoms with Crippen LogP contribution in [0.5, 0.6) is 0 Å². The monoisotopic (exact) mass is 478 g/mol. The van der Waals surface area contributed by atoms with Crippen molar-refractivity contribution < 1.29 is 26.7 Å². The molecule has 7 nitrogen and oxygen atoms in total. The van der Waals surface area contributed by atoms with Gasteiger partial charge in [0.2, 0.25) is 0 Å². The first-order valence-corrected chi connectivity index (χ1v) is 10.6. The lowest BCUT2D eigenvalue weighted by Gasteiger charge is -2.26. The number of benzene rings is 1. The zero-order chi connectivity index (χ0) is 24.2. The second-order valence-electron chi connectivity index (χ2n) is 8.46. The summed E-state index contributed by atoms with van der Waals surface area (Å²) in [5.41, 5.74) is -0.810. The summed E-state index contributed by atoms with van der Waals surface area (Å²) in [7, 11) is 0. The number of amides is 1. The van der Waals surface area contributed by atoms with Crippen molar-refractivity contribution in [3.05, 3.63) is 65.1 Å². The molecule has 0 radical (unpaired) electrons. The van der Waals surface area contributed by atoms with Crippen LogP contribution >= 0.6 is 0 Å². The molecule has 3 atom stereocenters. The molecule has 12 heteroatoms. The van der Waals surface area contributed by atoms with Crippen LogP contribution in [0.3, 0.4) is 0 Å². The third kappa shape index (κ3) is 3.66. The third-order valence-corrected chi connectivity index (χ3v) is 6.42. The van der Waals surface area contributed by atoms with Crippen molar-refractivity contribution in [2.24, 2.45) is 0 Å². The summed E-state index contributed by atoms with van der Waals surface area (Å²) < 4.78 is 67.7. The smallest absolute Gasteiger partial charge is 0.363 e. The zero-order valence-electron chi connectivity index (χ0n) is 17.9. The third-order valence-electron chi connectivity index (χ3n) is 6.42. The Bertz CT molecular complexity index is 1250. The summed E-state index contributed by atoms with van der Waals surface area (Å²) in [5.74, 6) is -2.45. The number of halogens is 5. The van der Waals surface area contributed by atoms with Gasteiger partial charge in [0, 0.05) is 12.2 Å². The van der Waals surface area contributed by atoms with Gasteiger partial charge in [0.25, 0.3) is 5.91 Å². The van der Waals surface area contributed by atoms with Crippen LogP contribution in [0.25, 0.3) is 5.69 Å². The molecule has 3 unspecified atom stereocenters. The normalized spacial score (nSPS) is 21.8. The van der Waals surface area contributed by atoms with E-state index in [9.17, 15) is 26.7 Å². The van der Waals surface area contributed by atoms with Crippen LogP contribution in [0.4, 0.5) is 27.8 Å². The van der Waals surface area contributed by atoms with Crippen molar-refractivity contribution in [1.82, 2.24) is 24.9 Å². The topological polar surface area (TPSA) is 75.9 Å². The van der Waals surface area contributed by atoms with E-state index < -0.39 is 35.3 Å². The van der Waals surface area contributed by atoms with Gasteiger partial charge in [-0.1, -0.05) is 6.07 Å². The van der Waals surface area contributed by atoms with Crippen molar-refractivity contribution in [3.63, 3.8) is 0 Å². The van der Waals surface area contributed by atoms with Gasteiger partial charge in [-0.2, -0.15) is 23.4 Å². The maximum absolute atomic E-state index is 15.0. The highest BCUT2D eigenvalue weighted by atomic mass is 19.4. The maximum Gasteiger partial charge on any atom is 0.417 e. The molecule has 0 aliphatic carbocycles. The van der Waals surface area contributed by atoms with E-state index in [1.54, 1.807) is 11.8 Å². The molecule has 0 spiro atoms. The minimum atomic E-state index is -4.70. The molecule has 4 heterocycles. The fourth-order valence-electron chi connectivity index (χ4n) is 4.84. The quantitative estimate of drug-likeness (QED) is 0.571. The number of nitrogens with zero attached hydrogens (tertiary/aromatic N) is 5. The average molecular weight is 478 g/mol. The highest BCUT2D eigenvalue weighted by molar-refractivity contribution is 5.98. The number of aromatic nitrogens is 4. The Morgan fingerprint density at radius 2 is 1.88 bits per heavy atom. The second-order valence-corrected chi connectivity index (χ2v) is 8.46. The lowest BCUT2D eigenvalue weighted by atomic mass is 9.95. The number of aryl methyl sites for hydroxylation is 1. The molecular weight excluding hydrogens is 459 g/mol.